The topological polar surface area (TPSA) is 149 Å². The maximum atomic E-state index is 13.1. The summed E-state index contributed by atoms with van der Waals surface area (Å²) < 4.78 is 5.45. The van der Waals surface area contributed by atoms with Gasteiger partial charge in [-0.15, -0.1) is 12.4 Å². The Kier molecular flexibility index (Phi) is 8.11. The molecule has 1 fully saturated rings. The van der Waals surface area contributed by atoms with Crippen molar-refractivity contribution in [2.75, 3.05) is 29.9 Å². The van der Waals surface area contributed by atoms with Crippen LogP contribution in [0.3, 0.4) is 0 Å². The zero-order valence-electron chi connectivity index (χ0n) is 19.2. The fourth-order valence-corrected chi connectivity index (χ4v) is 4.14. The van der Waals surface area contributed by atoms with Crippen LogP contribution < -0.4 is 16.0 Å². The summed E-state index contributed by atoms with van der Waals surface area (Å²) in [6, 6.07) is 11.5. The molecule has 2 aliphatic rings. The van der Waals surface area contributed by atoms with Gasteiger partial charge in [0, 0.05) is 42.1 Å². The van der Waals surface area contributed by atoms with E-state index in [1.54, 1.807) is 41.3 Å². The van der Waals surface area contributed by atoms with Gasteiger partial charge in [-0.05, 0) is 48.4 Å². The first-order valence-electron chi connectivity index (χ1n) is 11.1. The summed E-state index contributed by atoms with van der Waals surface area (Å²) in [7, 11) is 0. The Morgan fingerprint density at radius 1 is 1.26 bits per heavy atom. The molecule has 0 bridgehead atoms. The monoisotopic (exact) mass is 501 g/mol. The largest absolute Gasteiger partial charge is 0.384 e. The Hall–Kier alpha value is -3.47. The van der Waals surface area contributed by atoms with Crippen molar-refractivity contribution in [2.45, 2.75) is 32.1 Å². The first-order valence-corrected chi connectivity index (χ1v) is 11.1. The minimum absolute atomic E-state index is 0. The highest BCUT2D eigenvalue weighted by Crippen LogP contribution is 2.29. The number of halogens is 1. The number of hydrogen-bond donors (Lipinski definition) is 4. The van der Waals surface area contributed by atoms with Crippen LogP contribution >= 0.6 is 12.4 Å². The number of benzene rings is 2. The minimum Gasteiger partial charge on any atom is -0.384 e. The molecule has 186 valence electrons. The summed E-state index contributed by atoms with van der Waals surface area (Å²) in [5.41, 5.74) is 8.29. The van der Waals surface area contributed by atoms with Crippen molar-refractivity contribution in [3.8, 4) is 0 Å². The standard InChI is InChI=1S/C24H27N5O5.ClH/c1-2-9-28-13-15-5-8-17(12-18(15)23(28)32)29-10-11-34-20(24(29)33)19(30)22(31)27-16-6-3-14(4-7-16)21(25)26;/h3-8,12,19-20,30H,2,9-11,13H2,1H3,(H3,25,26)(H,27,31);1H/t19?,20-;/m1./s1. The fraction of sp³-hybridized carbons (Fsp3) is 0.333. The molecule has 3 amide bonds. The van der Waals surface area contributed by atoms with E-state index in [4.69, 9.17) is 15.9 Å². The number of hydrogen-bond acceptors (Lipinski definition) is 6. The highest BCUT2D eigenvalue weighted by Gasteiger charge is 2.40. The number of amidine groups is 1. The number of morpholine rings is 1. The third-order valence-corrected chi connectivity index (χ3v) is 5.92. The van der Waals surface area contributed by atoms with Gasteiger partial charge in [-0.25, -0.2) is 0 Å². The SMILES string of the molecule is CCCN1Cc2ccc(N3CCO[C@H](C(O)C(=O)Nc4ccc(C(=N)N)cc4)C3=O)cc2C1=O.Cl. The molecule has 0 spiro atoms. The molecular weight excluding hydrogens is 474 g/mol. The van der Waals surface area contributed by atoms with Gasteiger partial charge in [0.15, 0.2) is 12.2 Å². The number of nitrogens with two attached hydrogens (primary N) is 1. The zero-order chi connectivity index (χ0) is 24.4. The molecule has 10 nitrogen and oxygen atoms in total. The van der Waals surface area contributed by atoms with Crippen LogP contribution in [0.25, 0.3) is 0 Å². The maximum absolute atomic E-state index is 13.1. The molecule has 0 radical (unpaired) electrons. The van der Waals surface area contributed by atoms with E-state index < -0.39 is 24.0 Å². The molecule has 1 saturated heterocycles. The molecule has 0 saturated carbocycles. The number of nitrogens with one attached hydrogen (secondary N) is 2. The Bertz CT molecular complexity index is 1140. The van der Waals surface area contributed by atoms with Gasteiger partial charge in [0.25, 0.3) is 17.7 Å². The van der Waals surface area contributed by atoms with Crippen molar-refractivity contribution in [2.24, 2.45) is 5.73 Å². The Morgan fingerprint density at radius 3 is 2.63 bits per heavy atom. The molecule has 0 aliphatic carbocycles. The van der Waals surface area contributed by atoms with Gasteiger partial charge < -0.3 is 30.7 Å². The second-order valence-electron chi connectivity index (χ2n) is 8.27. The van der Waals surface area contributed by atoms with E-state index in [0.717, 1.165) is 12.0 Å². The average Bonchev–Trinajstić information content (AvgIpc) is 3.14. The van der Waals surface area contributed by atoms with Crippen molar-refractivity contribution < 1.29 is 24.2 Å². The predicted molar refractivity (Wildman–Crippen MR) is 133 cm³/mol. The van der Waals surface area contributed by atoms with E-state index in [9.17, 15) is 19.5 Å². The molecule has 11 heteroatoms. The van der Waals surface area contributed by atoms with Gasteiger partial charge in [-0.3, -0.25) is 19.8 Å². The Labute approximate surface area is 208 Å². The molecule has 2 heterocycles. The number of aliphatic hydroxyl groups is 1. The van der Waals surface area contributed by atoms with Gasteiger partial charge in [-0.1, -0.05) is 13.0 Å². The van der Waals surface area contributed by atoms with Crippen molar-refractivity contribution in [3.63, 3.8) is 0 Å². The summed E-state index contributed by atoms with van der Waals surface area (Å²) >= 11 is 0. The number of rotatable bonds is 7. The number of aliphatic hydroxyl groups excluding tert-OH is 1. The van der Waals surface area contributed by atoms with Crippen LogP contribution in [0.15, 0.2) is 42.5 Å². The second kappa shape index (κ2) is 10.9. The van der Waals surface area contributed by atoms with E-state index >= 15 is 0 Å². The summed E-state index contributed by atoms with van der Waals surface area (Å²) in [6.45, 7) is 3.59. The van der Waals surface area contributed by atoms with E-state index in [-0.39, 0.29) is 37.3 Å². The smallest absolute Gasteiger partial charge is 0.259 e. The average molecular weight is 502 g/mol. The molecule has 35 heavy (non-hydrogen) atoms. The van der Waals surface area contributed by atoms with Gasteiger partial charge in [0.2, 0.25) is 0 Å². The number of carbonyl (C=O) groups excluding carboxylic acids is 3. The molecule has 2 atom stereocenters. The van der Waals surface area contributed by atoms with E-state index in [1.165, 1.54) is 4.90 Å². The lowest BCUT2D eigenvalue weighted by Gasteiger charge is -2.34. The number of ether oxygens (including phenoxy) is 1. The Balaban J connectivity index is 0.00000342. The normalized spacial score (nSPS) is 18.1. The lowest BCUT2D eigenvalue weighted by Crippen LogP contribution is -2.55. The molecule has 2 aromatic carbocycles. The van der Waals surface area contributed by atoms with Gasteiger partial charge in [0.1, 0.15) is 5.84 Å². The number of carbonyl (C=O) groups is 3. The van der Waals surface area contributed by atoms with Crippen molar-refractivity contribution in [3.05, 3.63) is 59.2 Å². The van der Waals surface area contributed by atoms with Crippen LogP contribution in [0.2, 0.25) is 0 Å². The third-order valence-electron chi connectivity index (χ3n) is 5.92. The number of fused-ring (bicyclic) bond motifs is 1. The molecule has 0 aromatic heterocycles. The van der Waals surface area contributed by atoms with Crippen LogP contribution in [0, 0.1) is 5.41 Å². The first-order chi connectivity index (χ1) is 16.3. The van der Waals surface area contributed by atoms with Crippen molar-refractivity contribution in [1.82, 2.24) is 4.90 Å². The summed E-state index contributed by atoms with van der Waals surface area (Å²) in [5.74, 6) is -1.52. The highest BCUT2D eigenvalue weighted by molar-refractivity contribution is 6.05. The lowest BCUT2D eigenvalue weighted by molar-refractivity contribution is -0.150. The summed E-state index contributed by atoms with van der Waals surface area (Å²) in [4.78, 5) is 41.6. The van der Waals surface area contributed by atoms with Crippen LogP contribution in [0.4, 0.5) is 11.4 Å². The zero-order valence-corrected chi connectivity index (χ0v) is 20.0. The van der Waals surface area contributed by atoms with Crippen molar-refractivity contribution >= 4 is 47.3 Å². The number of nitrogens with zero attached hydrogens (tertiary/aromatic N) is 2. The van der Waals surface area contributed by atoms with Crippen LogP contribution in [-0.2, 0) is 20.9 Å². The fourth-order valence-electron chi connectivity index (χ4n) is 4.14. The maximum Gasteiger partial charge on any atom is 0.259 e. The van der Waals surface area contributed by atoms with E-state index in [1.807, 2.05) is 13.0 Å². The van der Waals surface area contributed by atoms with Crippen molar-refractivity contribution in [1.29, 1.82) is 5.41 Å². The van der Waals surface area contributed by atoms with Gasteiger partial charge >= 0.3 is 0 Å². The van der Waals surface area contributed by atoms with Gasteiger partial charge in [-0.2, -0.15) is 0 Å². The van der Waals surface area contributed by atoms with Crippen LogP contribution in [0.1, 0.15) is 34.8 Å². The predicted octanol–water partition coefficient (Wildman–Crippen LogP) is 1.49. The molecule has 2 aromatic rings. The number of amides is 3. The van der Waals surface area contributed by atoms with E-state index in [0.29, 0.717) is 35.6 Å². The van der Waals surface area contributed by atoms with Crippen LogP contribution in [0.5, 0.6) is 0 Å². The second-order valence-corrected chi connectivity index (χ2v) is 8.27. The molecule has 5 N–H and O–H groups in total. The summed E-state index contributed by atoms with van der Waals surface area (Å²) in [6.07, 6.45) is -2.26. The Morgan fingerprint density at radius 2 is 1.97 bits per heavy atom. The molecule has 1 unspecified atom stereocenters. The number of anilines is 2. The lowest BCUT2D eigenvalue weighted by atomic mass is 10.1. The molecular formula is C24H28ClN5O5. The quantitative estimate of drug-likeness (QED) is 0.333. The van der Waals surface area contributed by atoms with Gasteiger partial charge in [0.05, 0.1) is 6.61 Å². The molecule has 2 aliphatic heterocycles. The van der Waals surface area contributed by atoms with Crippen LogP contribution in [-0.4, -0.2) is 65.5 Å². The first kappa shape index (κ1) is 26.1. The number of nitrogen functional groups attached to an aromatic ring is 1. The summed E-state index contributed by atoms with van der Waals surface area (Å²) in [5, 5.41) is 20.5. The highest BCUT2D eigenvalue weighted by atomic mass is 35.5. The third kappa shape index (κ3) is 5.29. The molecule has 4 rings (SSSR count). The minimum atomic E-state index is -1.74. The van der Waals surface area contributed by atoms with E-state index in [2.05, 4.69) is 5.32 Å².